The Labute approximate surface area is 156 Å². The number of halogens is 1. The molecular weight excluding hydrogens is 347 g/mol. The second-order valence-corrected chi connectivity index (χ2v) is 5.89. The molecule has 0 bridgehead atoms. The van der Waals surface area contributed by atoms with Crippen LogP contribution in [-0.2, 0) is 6.54 Å². The molecule has 0 atom stereocenters. The van der Waals surface area contributed by atoms with Crippen LogP contribution in [0.15, 0.2) is 67.3 Å². The summed E-state index contributed by atoms with van der Waals surface area (Å²) in [5, 5.41) is 5.44. The van der Waals surface area contributed by atoms with Gasteiger partial charge < -0.3 is 15.2 Å². The van der Waals surface area contributed by atoms with E-state index in [2.05, 4.69) is 15.6 Å². The molecule has 0 aliphatic rings. The molecule has 0 saturated heterocycles. The van der Waals surface area contributed by atoms with E-state index >= 15 is 0 Å². The Morgan fingerprint density at radius 2 is 1.74 bits per heavy atom. The van der Waals surface area contributed by atoms with Crippen LogP contribution in [0.4, 0.5) is 10.1 Å². The quantitative estimate of drug-likeness (QED) is 0.631. The van der Waals surface area contributed by atoms with Crippen molar-refractivity contribution < 1.29 is 14.0 Å². The fourth-order valence-electron chi connectivity index (χ4n) is 2.60. The van der Waals surface area contributed by atoms with Crippen LogP contribution in [0.2, 0.25) is 0 Å². The van der Waals surface area contributed by atoms with Crippen molar-refractivity contribution in [3.8, 4) is 0 Å². The van der Waals surface area contributed by atoms with Crippen molar-refractivity contribution in [2.75, 3.05) is 11.9 Å². The van der Waals surface area contributed by atoms with Crippen molar-refractivity contribution in [2.45, 2.75) is 13.0 Å². The van der Waals surface area contributed by atoms with E-state index < -0.39 is 11.7 Å². The van der Waals surface area contributed by atoms with Gasteiger partial charge in [0.1, 0.15) is 5.82 Å². The lowest BCUT2D eigenvalue weighted by Crippen LogP contribution is -2.27. The van der Waals surface area contributed by atoms with Crippen molar-refractivity contribution >= 4 is 17.5 Å². The highest BCUT2D eigenvalue weighted by atomic mass is 19.1. The SMILES string of the molecule is O=C(Nc1ccccc1C(=O)NCCCn1ccnc1)c1ccccc1F. The summed E-state index contributed by atoms with van der Waals surface area (Å²) in [6.45, 7) is 1.22. The van der Waals surface area contributed by atoms with Gasteiger partial charge in [0.05, 0.1) is 23.1 Å². The number of hydrogen-bond donors (Lipinski definition) is 2. The van der Waals surface area contributed by atoms with Crippen LogP contribution in [0, 0.1) is 5.82 Å². The molecule has 0 fully saturated rings. The smallest absolute Gasteiger partial charge is 0.258 e. The molecule has 3 rings (SSSR count). The van der Waals surface area contributed by atoms with E-state index in [4.69, 9.17) is 0 Å². The topological polar surface area (TPSA) is 76.0 Å². The molecule has 1 aromatic heterocycles. The number of hydrogen-bond acceptors (Lipinski definition) is 3. The van der Waals surface area contributed by atoms with Crippen LogP contribution in [0.1, 0.15) is 27.1 Å². The maximum absolute atomic E-state index is 13.8. The van der Waals surface area contributed by atoms with Crippen LogP contribution in [0.3, 0.4) is 0 Å². The average Bonchev–Trinajstić information content (AvgIpc) is 3.19. The van der Waals surface area contributed by atoms with Gasteiger partial charge in [0.2, 0.25) is 0 Å². The van der Waals surface area contributed by atoms with E-state index in [0.717, 1.165) is 13.0 Å². The Hall–Kier alpha value is -3.48. The molecule has 1 heterocycles. The van der Waals surface area contributed by atoms with Gasteiger partial charge in [-0.3, -0.25) is 9.59 Å². The van der Waals surface area contributed by atoms with Crippen LogP contribution in [0.25, 0.3) is 0 Å². The zero-order chi connectivity index (χ0) is 19.1. The molecule has 0 radical (unpaired) electrons. The number of anilines is 1. The Morgan fingerprint density at radius 1 is 1.00 bits per heavy atom. The van der Waals surface area contributed by atoms with Gasteiger partial charge in [0.15, 0.2) is 0 Å². The van der Waals surface area contributed by atoms with Gasteiger partial charge in [-0.25, -0.2) is 9.37 Å². The molecule has 2 aromatic carbocycles. The van der Waals surface area contributed by atoms with Crippen molar-refractivity contribution in [2.24, 2.45) is 0 Å². The van der Waals surface area contributed by atoms with E-state index in [-0.39, 0.29) is 11.5 Å². The number of amides is 2. The second-order valence-electron chi connectivity index (χ2n) is 5.89. The van der Waals surface area contributed by atoms with Crippen molar-refractivity contribution in [1.29, 1.82) is 0 Å². The molecule has 0 unspecified atom stereocenters. The largest absolute Gasteiger partial charge is 0.352 e. The fraction of sp³-hybridized carbons (Fsp3) is 0.150. The third-order valence-corrected chi connectivity index (χ3v) is 3.98. The standard InChI is InChI=1S/C20H19FN4O2/c21-17-8-3-1-6-15(17)20(27)24-18-9-4-2-7-16(18)19(26)23-10-5-12-25-13-11-22-14-25/h1-4,6-9,11,13-14H,5,10,12H2,(H,23,26)(H,24,27). The molecule has 2 amide bonds. The predicted octanol–water partition coefficient (Wildman–Crippen LogP) is 3.09. The van der Waals surface area contributed by atoms with E-state index in [9.17, 15) is 14.0 Å². The third-order valence-electron chi connectivity index (χ3n) is 3.98. The number of benzene rings is 2. The number of nitrogens with zero attached hydrogens (tertiary/aromatic N) is 2. The summed E-state index contributed by atoms with van der Waals surface area (Å²) < 4.78 is 15.7. The molecule has 6 nitrogen and oxygen atoms in total. The predicted molar refractivity (Wildman–Crippen MR) is 100.0 cm³/mol. The lowest BCUT2D eigenvalue weighted by molar-refractivity contribution is 0.0953. The number of imidazole rings is 1. The summed E-state index contributed by atoms with van der Waals surface area (Å²) in [5.41, 5.74) is 0.579. The number of aryl methyl sites for hydroxylation is 1. The van der Waals surface area contributed by atoms with Crippen LogP contribution in [-0.4, -0.2) is 27.9 Å². The van der Waals surface area contributed by atoms with E-state index in [1.807, 2.05) is 10.8 Å². The van der Waals surface area contributed by atoms with Gasteiger partial charge in [-0.2, -0.15) is 0 Å². The highest BCUT2D eigenvalue weighted by Gasteiger charge is 2.15. The van der Waals surface area contributed by atoms with E-state index in [0.29, 0.717) is 17.8 Å². The van der Waals surface area contributed by atoms with Gasteiger partial charge in [0, 0.05) is 25.5 Å². The molecule has 0 aliphatic carbocycles. The first-order valence-corrected chi connectivity index (χ1v) is 8.54. The minimum atomic E-state index is -0.614. The third kappa shape index (κ3) is 4.78. The van der Waals surface area contributed by atoms with Crippen molar-refractivity contribution in [3.05, 3.63) is 84.2 Å². The average molecular weight is 366 g/mol. The summed E-state index contributed by atoms with van der Waals surface area (Å²) in [4.78, 5) is 28.7. The first-order chi connectivity index (χ1) is 13.1. The van der Waals surface area contributed by atoms with Gasteiger partial charge in [-0.1, -0.05) is 24.3 Å². The zero-order valence-electron chi connectivity index (χ0n) is 14.6. The number of para-hydroxylation sites is 1. The maximum Gasteiger partial charge on any atom is 0.258 e. The van der Waals surface area contributed by atoms with Crippen molar-refractivity contribution in [3.63, 3.8) is 0 Å². The Balaban J connectivity index is 1.62. The summed E-state index contributed by atoms with van der Waals surface area (Å²) in [6, 6.07) is 12.3. The number of aromatic nitrogens is 2. The molecule has 7 heteroatoms. The van der Waals surface area contributed by atoms with Crippen LogP contribution >= 0.6 is 0 Å². The van der Waals surface area contributed by atoms with Gasteiger partial charge in [-0.05, 0) is 30.7 Å². The van der Waals surface area contributed by atoms with E-state index in [1.165, 1.54) is 18.2 Å². The summed E-state index contributed by atoms with van der Waals surface area (Å²) in [5.74, 6) is -1.52. The zero-order valence-corrected chi connectivity index (χ0v) is 14.6. The molecule has 3 aromatic rings. The lowest BCUT2D eigenvalue weighted by atomic mass is 10.1. The first kappa shape index (κ1) is 18.3. The summed E-state index contributed by atoms with van der Waals surface area (Å²) in [7, 11) is 0. The molecule has 138 valence electrons. The Morgan fingerprint density at radius 3 is 2.48 bits per heavy atom. The highest BCUT2D eigenvalue weighted by molar-refractivity contribution is 6.09. The number of carbonyl (C=O) groups excluding carboxylic acids is 2. The number of rotatable bonds is 7. The summed E-state index contributed by atoms with van der Waals surface area (Å²) in [6.07, 6.45) is 6.02. The molecule has 0 spiro atoms. The number of nitrogens with one attached hydrogen (secondary N) is 2. The summed E-state index contributed by atoms with van der Waals surface area (Å²) >= 11 is 0. The van der Waals surface area contributed by atoms with Gasteiger partial charge >= 0.3 is 0 Å². The highest BCUT2D eigenvalue weighted by Crippen LogP contribution is 2.17. The van der Waals surface area contributed by atoms with Crippen LogP contribution in [0.5, 0.6) is 0 Å². The van der Waals surface area contributed by atoms with E-state index in [1.54, 1.807) is 42.9 Å². The Kier molecular flexibility index (Phi) is 5.94. The molecule has 0 aliphatic heterocycles. The molecule has 2 N–H and O–H groups in total. The van der Waals surface area contributed by atoms with Gasteiger partial charge in [-0.15, -0.1) is 0 Å². The van der Waals surface area contributed by atoms with Crippen molar-refractivity contribution in [1.82, 2.24) is 14.9 Å². The minimum Gasteiger partial charge on any atom is -0.352 e. The van der Waals surface area contributed by atoms with Gasteiger partial charge in [0.25, 0.3) is 11.8 Å². The van der Waals surface area contributed by atoms with Crippen LogP contribution < -0.4 is 10.6 Å². The second kappa shape index (κ2) is 8.75. The molecular formula is C20H19FN4O2. The fourth-order valence-corrected chi connectivity index (χ4v) is 2.60. The monoisotopic (exact) mass is 366 g/mol. The Bertz CT molecular complexity index is 925. The first-order valence-electron chi connectivity index (χ1n) is 8.54. The normalized spacial score (nSPS) is 10.4. The molecule has 0 saturated carbocycles. The number of carbonyl (C=O) groups is 2. The lowest BCUT2D eigenvalue weighted by Gasteiger charge is -2.12. The minimum absolute atomic E-state index is 0.0759. The maximum atomic E-state index is 13.8. The molecule has 27 heavy (non-hydrogen) atoms.